The Balaban J connectivity index is 1.77. The van der Waals surface area contributed by atoms with E-state index in [9.17, 15) is 19.2 Å². The summed E-state index contributed by atoms with van der Waals surface area (Å²) in [5.74, 6) is 1.11. The number of Topliss-reactive ketones (excluding diaryl/α,β-unsaturated/α-hetero) is 4. The van der Waals surface area contributed by atoms with Crippen molar-refractivity contribution in [3.8, 4) is 0 Å². The van der Waals surface area contributed by atoms with Crippen LogP contribution in [0.4, 0.5) is 0 Å². The number of carbonyl (C=O) groups is 4. The van der Waals surface area contributed by atoms with Gasteiger partial charge >= 0.3 is 0 Å². The summed E-state index contributed by atoms with van der Waals surface area (Å²) in [7, 11) is 0. The van der Waals surface area contributed by atoms with Gasteiger partial charge < -0.3 is 0 Å². The third-order valence-corrected chi connectivity index (χ3v) is 7.64. The van der Waals surface area contributed by atoms with Crippen LogP contribution in [0.15, 0.2) is 0 Å². The second kappa shape index (κ2) is 3.06. The molecular formula is C17H18O4. The minimum atomic E-state index is -0.802. The van der Waals surface area contributed by atoms with Crippen LogP contribution in [-0.2, 0) is 19.2 Å². The van der Waals surface area contributed by atoms with E-state index in [1.807, 2.05) is 0 Å². The topological polar surface area (TPSA) is 68.3 Å². The van der Waals surface area contributed by atoms with Crippen LogP contribution in [-0.4, -0.2) is 23.1 Å². The monoisotopic (exact) mass is 286 g/mol. The molecule has 0 unspecified atom stereocenters. The molecule has 4 heteroatoms. The fourth-order valence-corrected chi connectivity index (χ4v) is 7.84. The van der Waals surface area contributed by atoms with Crippen LogP contribution in [0.25, 0.3) is 0 Å². The minimum Gasteiger partial charge on any atom is -0.300 e. The van der Waals surface area contributed by atoms with Gasteiger partial charge in [-0.05, 0) is 43.9 Å². The molecule has 0 aromatic heterocycles. The zero-order chi connectivity index (χ0) is 14.9. The summed E-state index contributed by atoms with van der Waals surface area (Å²) >= 11 is 0. The second-order valence-electron chi connectivity index (χ2n) is 8.10. The molecule has 4 nitrogen and oxygen atoms in total. The van der Waals surface area contributed by atoms with Gasteiger partial charge in [-0.2, -0.15) is 0 Å². The molecule has 0 aliphatic heterocycles. The van der Waals surface area contributed by atoms with Gasteiger partial charge in [0, 0.05) is 24.7 Å². The quantitative estimate of drug-likeness (QED) is 0.779. The van der Waals surface area contributed by atoms with Gasteiger partial charge in [0.05, 0.1) is 10.8 Å². The van der Waals surface area contributed by atoms with E-state index in [-0.39, 0.29) is 59.6 Å². The summed E-state index contributed by atoms with van der Waals surface area (Å²) in [6, 6.07) is 0. The van der Waals surface area contributed by atoms with Gasteiger partial charge in [-0.15, -0.1) is 0 Å². The number of rotatable bonds is 4. The number of fused-ring (bicyclic) bond motifs is 2. The van der Waals surface area contributed by atoms with E-state index in [0.29, 0.717) is 11.8 Å². The lowest BCUT2D eigenvalue weighted by Crippen LogP contribution is -2.69. The molecule has 0 aromatic carbocycles. The lowest BCUT2D eigenvalue weighted by Gasteiger charge is -2.62. The second-order valence-corrected chi connectivity index (χ2v) is 8.10. The van der Waals surface area contributed by atoms with Crippen molar-refractivity contribution < 1.29 is 19.2 Å². The highest BCUT2D eigenvalue weighted by atomic mass is 16.2. The zero-order valence-corrected chi connectivity index (χ0v) is 12.2. The summed E-state index contributed by atoms with van der Waals surface area (Å²) < 4.78 is 0. The molecule has 0 heterocycles. The lowest BCUT2D eigenvalue weighted by molar-refractivity contribution is -0.195. The highest BCUT2D eigenvalue weighted by Gasteiger charge is 2.95. The molecule has 0 saturated heterocycles. The van der Waals surface area contributed by atoms with E-state index in [1.165, 1.54) is 13.8 Å². The highest BCUT2D eigenvalue weighted by molar-refractivity contribution is 6.14. The molecule has 8 atom stereocenters. The van der Waals surface area contributed by atoms with Crippen LogP contribution in [0, 0.1) is 46.3 Å². The fourth-order valence-electron chi connectivity index (χ4n) is 7.84. The maximum atomic E-state index is 13.1. The number of carbonyl (C=O) groups excluding carboxylic acids is 4. The largest absolute Gasteiger partial charge is 0.300 e. The maximum absolute atomic E-state index is 13.1. The van der Waals surface area contributed by atoms with Crippen molar-refractivity contribution in [2.24, 2.45) is 46.3 Å². The average Bonchev–Trinajstić information content (AvgIpc) is 2.95. The standard InChI is InChI=1S/C17H18O4/c1-6(18)4-16-12-8-3-9-11(10(8)14(16)20)15(21)17(16,13(9)12)5-7(2)19/h8-13H,3-5H2,1-2H3/t8-,9+,10-,11-,12+,13-,16+,17+/m1/s1. The Morgan fingerprint density at radius 2 is 1.29 bits per heavy atom. The Bertz CT molecular complexity index is 608. The fraction of sp³-hybridized carbons (Fsp3) is 0.765. The van der Waals surface area contributed by atoms with Crippen molar-refractivity contribution >= 4 is 23.1 Å². The Hall–Kier alpha value is -1.32. The van der Waals surface area contributed by atoms with Crippen LogP contribution in [0.2, 0.25) is 0 Å². The summed E-state index contributed by atoms with van der Waals surface area (Å²) in [5.41, 5.74) is -1.60. The van der Waals surface area contributed by atoms with Crippen molar-refractivity contribution in [3.63, 3.8) is 0 Å². The molecule has 21 heavy (non-hydrogen) atoms. The smallest absolute Gasteiger partial charge is 0.144 e. The van der Waals surface area contributed by atoms with Gasteiger partial charge in [0.15, 0.2) is 0 Å². The van der Waals surface area contributed by atoms with E-state index in [4.69, 9.17) is 0 Å². The van der Waals surface area contributed by atoms with Crippen molar-refractivity contribution in [1.29, 1.82) is 0 Å². The molecule has 0 amide bonds. The van der Waals surface area contributed by atoms with Crippen LogP contribution < -0.4 is 0 Å². The molecular weight excluding hydrogens is 268 g/mol. The van der Waals surface area contributed by atoms with Crippen molar-refractivity contribution in [2.75, 3.05) is 0 Å². The van der Waals surface area contributed by atoms with Crippen LogP contribution in [0.5, 0.6) is 0 Å². The predicted molar refractivity (Wildman–Crippen MR) is 71.0 cm³/mol. The molecule has 0 aromatic rings. The molecule has 5 saturated carbocycles. The number of hydrogen-bond acceptors (Lipinski definition) is 4. The third-order valence-electron chi connectivity index (χ3n) is 7.64. The van der Waals surface area contributed by atoms with E-state index >= 15 is 0 Å². The molecule has 2 bridgehead atoms. The molecule has 5 fully saturated rings. The van der Waals surface area contributed by atoms with Crippen molar-refractivity contribution in [2.45, 2.75) is 33.1 Å². The first-order valence-electron chi connectivity index (χ1n) is 7.95. The molecule has 0 N–H and O–H groups in total. The Morgan fingerprint density at radius 1 is 0.905 bits per heavy atom. The maximum Gasteiger partial charge on any atom is 0.144 e. The summed E-state index contributed by atoms with van der Waals surface area (Å²) in [5, 5.41) is 0. The van der Waals surface area contributed by atoms with Gasteiger partial charge in [0.1, 0.15) is 23.1 Å². The SMILES string of the molecule is CC(=O)C[C@]12C(=O)[C@@H]3[C@@H]4C[C@@H]5[C@H]3C(=O)[C@]1(CC(C)=O)[C@@H]5[C@@H]42. The first kappa shape index (κ1) is 12.2. The Labute approximate surface area is 122 Å². The van der Waals surface area contributed by atoms with Crippen LogP contribution >= 0.6 is 0 Å². The Morgan fingerprint density at radius 3 is 1.62 bits per heavy atom. The van der Waals surface area contributed by atoms with Gasteiger partial charge in [-0.3, -0.25) is 19.2 Å². The molecule has 5 rings (SSSR count). The molecule has 0 radical (unpaired) electrons. The van der Waals surface area contributed by atoms with E-state index < -0.39 is 10.8 Å². The minimum absolute atomic E-state index is 0.0225. The molecule has 5 aliphatic rings. The van der Waals surface area contributed by atoms with Crippen molar-refractivity contribution in [3.05, 3.63) is 0 Å². The first-order chi connectivity index (χ1) is 9.88. The lowest BCUT2D eigenvalue weighted by atomic mass is 9.37. The van der Waals surface area contributed by atoms with Gasteiger partial charge in [-0.1, -0.05) is 0 Å². The summed E-state index contributed by atoms with van der Waals surface area (Å²) in [6.07, 6.45) is 1.33. The Kier molecular flexibility index (Phi) is 1.78. The number of hydrogen-bond donors (Lipinski definition) is 0. The van der Waals surface area contributed by atoms with E-state index in [1.54, 1.807) is 0 Å². The van der Waals surface area contributed by atoms with Gasteiger partial charge in [0.2, 0.25) is 0 Å². The summed E-state index contributed by atoms with van der Waals surface area (Å²) in [6.45, 7) is 3.01. The first-order valence-corrected chi connectivity index (χ1v) is 7.95. The van der Waals surface area contributed by atoms with Crippen molar-refractivity contribution in [1.82, 2.24) is 0 Å². The number of ketones is 4. The van der Waals surface area contributed by atoms with Gasteiger partial charge in [-0.25, -0.2) is 0 Å². The third kappa shape index (κ3) is 0.861. The molecule has 5 aliphatic carbocycles. The van der Waals surface area contributed by atoms with Crippen LogP contribution in [0.1, 0.15) is 33.1 Å². The predicted octanol–water partition coefficient (Wildman–Crippen LogP) is 1.21. The molecule has 110 valence electrons. The summed E-state index contributed by atoms with van der Waals surface area (Å²) in [4.78, 5) is 49.8. The van der Waals surface area contributed by atoms with E-state index in [0.717, 1.165) is 6.42 Å². The molecule has 0 spiro atoms. The normalized spacial score (nSPS) is 57.2. The average molecular weight is 286 g/mol. The van der Waals surface area contributed by atoms with E-state index in [2.05, 4.69) is 0 Å². The highest BCUT2D eigenvalue weighted by Crippen LogP contribution is 2.91. The van der Waals surface area contributed by atoms with Gasteiger partial charge in [0.25, 0.3) is 0 Å². The van der Waals surface area contributed by atoms with Crippen LogP contribution in [0.3, 0.4) is 0 Å². The zero-order valence-electron chi connectivity index (χ0n) is 12.2.